The molecule has 0 aliphatic rings. The Bertz CT molecular complexity index is 562. The molecule has 0 saturated carbocycles. The number of amides is 1. The van der Waals surface area contributed by atoms with Crippen molar-refractivity contribution in [3.05, 3.63) is 27.9 Å². The maximum Gasteiger partial charge on any atom is 0.340 e. The monoisotopic (exact) mass is 285 g/mol. The van der Waals surface area contributed by atoms with Crippen molar-refractivity contribution in [3.63, 3.8) is 0 Å². The number of nitrogens with zero attached hydrogens (tertiary/aromatic N) is 2. The van der Waals surface area contributed by atoms with Gasteiger partial charge < -0.3 is 5.32 Å². The number of thioether (sulfide) groups is 1. The molecule has 3 N–H and O–H groups in total. The Morgan fingerprint density at radius 2 is 2.50 bits per heavy atom. The normalized spacial score (nSPS) is 12.3. The van der Waals surface area contributed by atoms with Gasteiger partial charge in [-0.2, -0.15) is 5.10 Å². The zero-order valence-corrected chi connectivity index (χ0v) is 11.1. The number of H-pyrrole nitrogens is 2. The largest absolute Gasteiger partial charge is 0.340 e. The lowest BCUT2D eigenvalue weighted by atomic mass is 10.4. The van der Waals surface area contributed by atoms with E-state index >= 15 is 0 Å². The number of hydrogen-bond donors (Lipinski definition) is 3. The molecule has 9 heteroatoms. The molecular formula is C9H11N5O2S2. The molecule has 0 spiro atoms. The van der Waals surface area contributed by atoms with E-state index in [0.29, 0.717) is 16.7 Å². The summed E-state index contributed by atoms with van der Waals surface area (Å²) in [7, 11) is 0. The second-order valence-corrected chi connectivity index (χ2v) is 5.63. The Morgan fingerprint density at radius 1 is 1.67 bits per heavy atom. The molecule has 0 unspecified atom stereocenters. The van der Waals surface area contributed by atoms with Gasteiger partial charge in [0, 0.05) is 11.6 Å². The Hall–Kier alpha value is -1.61. The Morgan fingerprint density at radius 3 is 3.11 bits per heavy atom. The molecule has 2 aromatic heterocycles. The molecule has 0 bridgehead atoms. The van der Waals surface area contributed by atoms with Gasteiger partial charge in [-0.15, -0.1) is 23.1 Å². The van der Waals surface area contributed by atoms with E-state index in [1.54, 1.807) is 18.5 Å². The van der Waals surface area contributed by atoms with Crippen molar-refractivity contribution >= 4 is 34.1 Å². The van der Waals surface area contributed by atoms with Crippen LogP contribution in [0.5, 0.6) is 0 Å². The van der Waals surface area contributed by atoms with Crippen LogP contribution in [0.1, 0.15) is 12.7 Å². The number of anilines is 1. The van der Waals surface area contributed by atoms with Crippen LogP contribution in [0.3, 0.4) is 0 Å². The van der Waals surface area contributed by atoms with E-state index in [9.17, 15) is 9.59 Å². The summed E-state index contributed by atoms with van der Waals surface area (Å²) < 4.78 is 0. The molecule has 0 radical (unpaired) electrons. The fraction of sp³-hybridized carbons (Fsp3) is 0.333. The van der Waals surface area contributed by atoms with E-state index in [-0.39, 0.29) is 16.8 Å². The highest BCUT2D eigenvalue weighted by atomic mass is 32.2. The van der Waals surface area contributed by atoms with E-state index in [1.165, 1.54) is 23.1 Å². The standard InChI is InChI=1S/C9H11N5O2S2/c1-5(7(15)12-9-10-2-3-17-9)18-4-6-11-8(16)14-13-6/h2-3,5H,4H2,1H3,(H,10,12,15)(H2,11,13,14,16)/t5-/m0/s1. The molecule has 0 aliphatic heterocycles. The fourth-order valence-electron chi connectivity index (χ4n) is 1.15. The van der Waals surface area contributed by atoms with Crippen molar-refractivity contribution in [3.8, 4) is 0 Å². The van der Waals surface area contributed by atoms with Crippen molar-refractivity contribution in [2.75, 3.05) is 5.32 Å². The van der Waals surface area contributed by atoms with Crippen LogP contribution in [-0.4, -0.2) is 31.3 Å². The zero-order valence-electron chi connectivity index (χ0n) is 9.47. The minimum Gasteiger partial charge on any atom is -0.301 e. The second kappa shape index (κ2) is 5.83. The van der Waals surface area contributed by atoms with E-state index in [2.05, 4.69) is 25.5 Å². The minimum absolute atomic E-state index is 0.118. The number of hydrogen-bond acceptors (Lipinski definition) is 6. The van der Waals surface area contributed by atoms with Gasteiger partial charge in [0.25, 0.3) is 0 Å². The van der Waals surface area contributed by atoms with Gasteiger partial charge in [0.2, 0.25) is 5.91 Å². The van der Waals surface area contributed by atoms with Crippen LogP contribution in [0.4, 0.5) is 5.13 Å². The third-order valence-electron chi connectivity index (χ3n) is 2.05. The molecule has 18 heavy (non-hydrogen) atoms. The van der Waals surface area contributed by atoms with Crippen LogP contribution in [0.15, 0.2) is 16.4 Å². The summed E-state index contributed by atoms with van der Waals surface area (Å²) in [6.45, 7) is 1.79. The average Bonchev–Trinajstić information content (AvgIpc) is 2.97. The zero-order chi connectivity index (χ0) is 13.0. The molecule has 0 aliphatic carbocycles. The third-order valence-corrected chi connectivity index (χ3v) is 3.89. The quantitative estimate of drug-likeness (QED) is 0.754. The number of carbonyl (C=O) groups excluding carboxylic acids is 1. The number of nitrogens with one attached hydrogen (secondary N) is 3. The van der Waals surface area contributed by atoms with Crippen molar-refractivity contribution in [2.45, 2.75) is 17.9 Å². The van der Waals surface area contributed by atoms with Crippen LogP contribution in [-0.2, 0) is 10.5 Å². The lowest BCUT2D eigenvalue weighted by Gasteiger charge is -2.08. The number of aromatic amines is 2. The van der Waals surface area contributed by atoms with Gasteiger partial charge in [-0.05, 0) is 6.92 Å². The number of thiazole rings is 1. The molecular weight excluding hydrogens is 274 g/mol. The first-order chi connectivity index (χ1) is 8.65. The molecule has 96 valence electrons. The molecule has 0 aromatic carbocycles. The Balaban J connectivity index is 1.82. The van der Waals surface area contributed by atoms with Crippen LogP contribution < -0.4 is 11.0 Å². The highest BCUT2D eigenvalue weighted by Crippen LogP contribution is 2.17. The van der Waals surface area contributed by atoms with Crippen LogP contribution in [0.25, 0.3) is 0 Å². The van der Waals surface area contributed by atoms with E-state index < -0.39 is 0 Å². The SMILES string of the molecule is C[C@H](SCc1n[nH]c(=O)[nH]1)C(=O)Nc1nccs1. The summed E-state index contributed by atoms with van der Waals surface area (Å²) in [6.07, 6.45) is 1.63. The van der Waals surface area contributed by atoms with Crippen molar-refractivity contribution in [1.29, 1.82) is 0 Å². The number of rotatable bonds is 5. The summed E-state index contributed by atoms with van der Waals surface area (Å²) >= 11 is 2.75. The maximum atomic E-state index is 11.8. The van der Waals surface area contributed by atoms with Gasteiger partial charge in [-0.1, -0.05) is 0 Å². The average molecular weight is 285 g/mol. The van der Waals surface area contributed by atoms with Gasteiger partial charge in [-0.3, -0.25) is 9.78 Å². The van der Waals surface area contributed by atoms with Crippen LogP contribution >= 0.6 is 23.1 Å². The minimum atomic E-state index is -0.342. The van der Waals surface area contributed by atoms with E-state index in [0.717, 1.165) is 0 Å². The van der Waals surface area contributed by atoms with E-state index in [4.69, 9.17) is 0 Å². The summed E-state index contributed by atoms with van der Waals surface area (Å²) in [6, 6.07) is 0. The van der Waals surface area contributed by atoms with Crippen LogP contribution in [0.2, 0.25) is 0 Å². The van der Waals surface area contributed by atoms with Crippen LogP contribution in [0, 0.1) is 0 Å². The first kappa shape index (κ1) is 12.8. The molecule has 7 nitrogen and oxygen atoms in total. The molecule has 0 saturated heterocycles. The first-order valence-electron chi connectivity index (χ1n) is 5.10. The summed E-state index contributed by atoms with van der Waals surface area (Å²) in [4.78, 5) is 29.1. The summed E-state index contributed by atoms with van der Waals surface area (Å²) in [5.41, 5.74) is -0.342. The topological polar surface area (TPSA) is 104 Å². The summed E-state index contributed by atoms with van der Waals surface area (Å²) in [5, 5.41) is 10.9. The lowest BCUT2D eigenvalue weighted by Crippen LogP contribution is -2.22. The molecule has 2 rings (SSSR count). The van der Waals surface area contributed by atoms with Gasteiger partial charge >= 0.3 is 5.69 Å². The second-order valence-electron chi connectivity index (χ2n) is 3.40. The Kier molecular flexibility index (Phi) is 4.15. The highest BCUT2D eigenvalue weighted by Gasteiger charge is 2.15. The fourth-order valence-corrected chi connectivity index (χ4v) is 2.43. The third kappa shape index (κ3) is 3.44. The lowest BCUT2D eigenvalue weighted by molar-refractivity contribution is -0.115. The van der Waals surface area contributed by atoms with Crippen molar-refractivity contribution < 1.29 is 4.79 Å². The number of carbonyl (C=O) groups is 1. The molecule has 2 aromatic rings. The summed E-state index contributed by atoms with van der Waals surface area (Å²) in [5.74, 6) is 0.872. The van der Waals surface area contributed by atoms with Gasteiger partial charge in [-0.25, -0.2) is 14.9 Å². The van der Waals surface area contributed by atoms with Gasteiger partial charge in [0.15, 0.2) is 5.13 Å². The van der Waals surface area contributed by atoms with E-state index in [1.807, 2.05) is 0 Å². The highest BCUT2D eigenvalue weighted by molar-refractivity contribution is 7.99. The predicted octanol–water partition coefficient (Wildman–Crippen LogP) is 0.815. The Labute approximate surface area is 110 Å². The number of aromatic nitrogens is 4. The first-order valence-corrected chi connectivity index (χ1v) is 7.03. The molecule has 1 atom stereocenters. The van der Waals surface area contributed by atoms with Crippen molar-refractivity contribution in [2.24, 2.45) is 0 Å². The molecule has 2 heterocycles. The van der Waals surface area contributed by atoms with Gasteiger partial charge in [0.1, 0.15) is 5.82 Å². The molecule has 1 amide bonds. The predicted molar refractivity (Wildman–Crippen MR) is 70.7 cm³/mol. The molecule has 0 fully saturated rings. The smallest absolute Gasteiger partial charge is 0.301 e. The van der Waals surface area contributed by atoms with Gasteiger partial charge in [0.05, 0.1) is 11.0 Å². The van der Waals surface area contributed by atoms with Crippen molar-refractivity contribution in [1.82, 2.24) is 20.2 Å². The maximum absolute atomic E-state index is 11.8.